The van der Waals surface area contributed by atoms with Crippen molar-refractivity contribution in [3.05, 3.63) is 24.0 Å². The molecule has 1 rings (SSSR count). The van der Waals surface area contributed by atoms with Gasteiger partial charge in [-0.3, -0.25) is 0 Å². The first-order valence-corrected chi connectivity index (χ1v) is 3.66. The third kappa shape index (κ3) is 2.54. The second-order valence-electron chi connectivity index (χ2n) is 2.90. The van der Waals surface area contributed by atoms with Gasteiger partial charge in [-0.2, -0.15) is 0 Å². The third-order valence-electron chi connectivity index (χ3n) is 1.50. The molecule has 0 aliphatic rings. The lowest BCUT2D eigenvalue weighted by atomic mass is 10.3. The lowest BCUT2D eigenvalue weighted by molar-refractivity contribution is 0.00314. The summed E-state index contributed by atoms with van der Waals surface area (Å²) in [5.74, 6) is -4.10. The Balaban J connectivity index is 2.89. The molecular formula is C8H9F2NO2. The molecule has 0 aromatic carbocycles. The van der Waals surface area contributed by atoms with Crippen molar-refractivity contribution in [3.8, 4) is 0 Å². The molecule has 0 unspecified atom stereocenters. The Morgan fingerprint density at radius 2 is 2.31 bits per heavy atom. The number of carboxylic acids is 1. The maximum Gasteiger partial charge on any atom is 0.352 e. The van der Waals surface area contributed by atoms with E-state index in [-0.39, 0.29) is 5.69 Å². The highest BCUT2D eigenvalue weighted by Crippen LogP contribution is 2.16. The van der Waals surface area contributed by atoms with Crippen molar-refractivity contribution >= 4 is 5.97 Å². The maximum atomic E-state index is 12.5. The highest BCUT2D eigenvalue weighted by Gasteiger charge is 2.23. The van der Waals surface area contributed by atoms with Gasteiger partial charge in [0.15, 0.2) is 0 Å². The van der Waals surface area contributed by atoms with Crippen LogP contribution in [-0.4, -0.2) is 21.6 Å². The number of aromatic carboxylic acids is 1. The Morgan fingerprint density at radius 1 is 1.69 bits per heavy atom. The van der Waals surface area contributed by atoms with Gasteiger partial charge in [0.25, 0.3) is 5.92 Å². The van der Waals surface area contributed by atoms with Crippen molar-refractivity contribution in [2.45, 2.75) is 19.4 Å². The summed E-state index contributed by atoms with van der Waals surface area (Å²) < 4.78 is 26.0. The minimum absolute atomic E-state index is 0.124. The van der Waals surface area contributed by atoms with Crippen LogP contribution in [0.2, 0.25) is 0 Å². The molecule has 3 nitrogen and oxygen atoms in total. The quantitative estimate of drug-likeness (QED) is 0.788. The predicted molar refractivity (Wildman–Crippen MR) is 42.0 cm³/mol. The average Bonchev–Trinajstić information content (AvgIpc) is 2.31. The summed E-state index contributed by atoms with van der Waals surface area (Å²) in [4.78, 5) is 10.5. The SMILES string of the molecule is CC(F)(F)Cn1cccc1C(=O)O. The minimum atomic E-state index is -2.90. The first kappa shape index (κ1) is 9.70. The van der Waals surface area contributed by atoms with Crippen LogP contribution in [0, 0.1) is 0 Å². The van der Waals surface area contributed by atoms with Crippen LogP contribution in [0.15, 0.2) is 18.3 Å². The number of alkyl halides is 2. The lowest BCUT2D eigenvalue weighted by Gasteiger charge is -2.12. The van der Waals surface area contributed by atoms with E-state index < -0.39 is 18.4 Å². The summed E-state index contributed by atoms with van der Waals surface area (Å²) in [6.45, 7) is 0.139. The van der Waals surface area contributed by atoms with Crippen LogP contribution in [0.25, 0.3) is 0 Å². The summed E-state index contributed by atoms with van der Waals surface area (Å²) in [7, 11) is 0. The van der Waals surface area contributed by atoms with Gasteiger partial charge in [-0.15, -0.1) is 0 Å². The number of halogens is 2. The number of hydrogen-bond donors (Lipinski definition) is 1. The number of nitrogens with zero attached hydrogens (tertiary/aromatic N) is 1. The first-order chi connectivity index (χ1) is 5.90. The molecule has 72 valence electrons. The molecule has 13 heavy (non-hydrogen) atoms. The topological polar surface area (TPSA) is 42.2 Å². The standard InChI is InChI=1S/C8H9F2NO2/c1-8(9,10)5-11-4-2-3-6(11)7(12)13/h2-4H,5H2,1H3,(H,12,13). The largest absolute Gasteiger partial charge is 0.477 e. The Kier molecular flexibility index (Phi) is 2.36. The molecule has 0 saturated heterocycles. The monoisotopic (exact) mass is 189 g/mol. The summed E-state index contributed by atoms with van der Waals surface area (Å²) in [6, 6.07) is 2.71. The zero-order valence-electron chi connectivity index (χ0n) is 7.00. The number of hydrogen-bond acceptors (Lipinski definition) is 1. The molecule has 0 saturated carbocycles. The van der Waals surface area contributed by atoms with E-state index in [4.69, 9.17) is 5.11 Å². The van der Waals surface area contributed by atoms with Crippen LogP contribution in [0.1, 0.15) is 17.4 Å². The summed E-state index contributed by atoms with van der Waals surface area (Å²) in [6.07, 6.45) is 1.32. The van der Waals surface area contributed by atoms with Gasteiger partial charge in [0.1, 0.15) is 5.69 Å². The van der Waals surface area contributed by atoms with Gasteiger partial charge >= 0.3 is 5.97 Å². The van der Waals surface area contributed by atoms with Crippen molar-refractivity contribution in [2.75, 3.05) is 0 Å². The Morgan fingerprint density at radius 3 is 2.77 bits per heavy atom. The smallest absolute Gasteiger partial charge is 0.352 e. The van der Waals surface area contributed by atoms with Crippen molar-refractivity contribution in [1.82, 2.24) is 4.57 Å². The molecule has 0 fully saturated rings. The van der Waals surface area contributed by atoms with Gasteiger partial charge in [0.05, 0.1) is 6.54 Å². The Bertz CT molecular complexity index is 314. The highest BCUT2D eigenvalue weighted by atomic mass is 19.3. The molecule has 1 aromatic rings. The molecule has 0 aliphatic heterocycles. The van der Waals surface area contributed by atoms with Gasteiger partial charge in [-0.25, -0.2) is 13.6 Å². The fraction of sp³-hybridized carbons (Fsp3) is 0.375. The normalized spacial score (nSPS) is 11.6. The number of rotatable bonds is 3. The third-order valence-corrected chi connectivity index (χ3v) is 1.50. The lowest BCUT2D eigenvalue weighted by Crippen LogP contribution is -2.21. The van der Waals surface area contributed by atoms with Gasteiger partial charge < -0.3 is 9.67 Å². The second-order valence-corrected chi connectivity index (χ2v) is 2.90. The van der Waals surface area contributed by atoms with Crippen molar-refractivity contribution in [1.29, 1.82) is 0 Å². The average molecular weight is 189 g/mol. The molecule has 1 aromatic heterocycles. The Hall–Kier alpha value is -1.39. The fourth-order valence-electron chi connectivity index (χ4n) is 1.05. The van der Waals surface area contributed by atoms with Gasteiger partial charge in [0.2, 0.25) is 0 Å². The number of carboxylic acid groups (broad SMARTS) is 1. The van der Waals surface area contributed by atoms with Crippen molar-refractivity contribution in [3.63, 3.8) is 0 Å². The molecule has 0 spiro atoms. The number of carbonyl (C=O) groups is 1. The molecule has 0 radical (unpaired) electrons. The van der Waals surface area contributed by atoms with Gasteiger partial charge in [0, 0.05) is 13.1 Å². The minimum Gasteiger partial charge on any atom is -0.477 e. The van der Waals surface area contributed by atoms with Crippen LogP contribution in [0.4, 0.5) is 8.78 Å². The summed E-state index contributed by atoms with van der Waals surface area (Å²) >= 11 is 0. The van der Waals surface area contributed by atoms with Crippen molar-refractivity contribution in [2.24, 2.45) is 0 Å². The molecular weight excluding hydrogens is 180 g/mol. The van der Waals surface area contributed by atoms with E-state index in [0.29, 0.717) is 0 Å². The second kappa shape index (κ2) is 3.16. The van der Waals surface area contributed by atoms with E-state index in [9.17, 15) is 13.6 Å². The van der Waals surface area contributed by atoms with E-state index in [1.807, 2.05) is 0 Å². The zero-order chi connectivity index (χ0) is 10.1. The molecule has 0 amide bonds. The fourth-order valence-corrected chi connectivity index (χ4v) is 1.05. The van der Waals surface area contributed by atoms with Gasteiger partial charge in [-0.05, 0) is 12.1 Å². The summed E-state index contributed by atoms with van der Waals surface area (Å²) in [5, 5.41) is 8.59. The van der Waals surface area contributed by atoms with E-state index >= 15 is 0 Å². The maximum absolute atomic E-state index is 12.5. The summed E-state index contributed by atoms with van der Waals surface area (Å²) in [5.41, 5.74) is -0.124. The van der Waals surface area contributed by atoms with Crippen LogP contribution in [-0.2, 0) is 6.54 Å². The van der Waals surface area contributed by atoms with Crippen LogP contribution >= 0.6 is 0 Å². The highest BCUT2D eigenvalue weighted by molar-refractivity contribution is 5.85. The zero-order valence-corrected chi connectivity index (χ0v) is 7.00. The number of aromatic nitrogens is 1. The molecule has 0 aliphatic carbocycles. The van der Waals surface area contributed by atoms with E-state index in [1.165, 1.54) is 18.3 Å². The van der Waals surface area contributed by atoms with Crippen molar-refractivity contribution < 1.29 is 18.7 Å². The van der Waals surface area contributed by atoms with Gasteiger partial charge in [-0.1, -0.05) is 0 Å². The van der Waals surface area contributed by atoms with Crippen LogP contribution in [0.5, 0.6) is 0 Å². The van der Waals surface area contributed by atoms with Crippen LogP contribution < -0.4 is 0 Å². The van der Waals surface area contributed by atoms with E-state index in [1.54, 1.807) is 0 Å². The predicted octanol–water partition coefficient (Wildman–Crippen LogP) is 1.84. The molecule has 1 N–H and O–H groups in total. The Labute approximate surface area is 73.6 Å². The molecule has 1 heterocycles. The molecule has 5 heteroatoms. The molecule has 0 atom stereocenters. The van der Waals surface area contributed by atoms with Crippen LogP contribution in [0.3, 0.4) is 0 Å². The van der Waals surface area contributed by atoms with E-state index in [2.05, 4.69) is 0 Å². The first-order valence-electron chi connectivity index (χ1n) is 3.66. The molecule has 0 bridgehead atoms. The van der Waals surface area contributed by atoms with E-state index in [0.717, 1.165) is 11.5 Å².